The van der Waals surface area contributed by atoms with E-state index in [4.69, 9.17) is 0 Å². The minimum Gasteiger partial charge on any atom is -0.390 e. The summed E-state index contributed by atoms with van der Waals surface area (Å²) in [6, 6.07) is 9.68. The van der Waals surface area contributed by atoms with Crippen molar-refractivity contribution in [2.45, 2.75) is 89.2 Å². The van der Waals surface area contributed by atoms with Crippen LogP contribution in [0.1, 0.15) is 69.3 Å². The fourth-order valence-electron chi connectivity index (χ4n) is 7.66. The van der Waals surface area contributed by atoms with E-state index in [9.17, 15) is 27.9 Å². The van der Waals surface area contributed by atoms with Gasteiger partial charge in [-0.3, -0.25) is 29.5 Å². The third-order valence-electron chi connectivity index (χ3n) is 10.3. The molecule has 13 nitrogen and oxygen atoms in total. The maximum absolute atomic E-state index is 13.5. The Morgan fingerprint density at radius 3 is 2.40 bits per heavy atom. The Hall–Kier alpha value is -2.88. The highest BCUT2D eigenvalue weighted by Crippen LogP contribution is 2.36. The van der Waals surface area contributed by atoms with Gasteiger partial charge in [0.2, 0.25) is 15.9 Å². The highest BCUT2D eigenvalue weighted by atomic mass is 32.2. The van der Waals surface area contributed by atoms with Gasteiger partial charge in [-0.1, -0.05) is 18.2 Å². The van der Waals surface area contributed by atoms with Crippen LogP contribution in [-0.4, -0.2) is 138 Å². The lowest BCUT2D eigenvalue weighted by Crippen LogP contribution is -2.54. The number of benzene rings is 1. The van der Waals surface area contributed by atoms with Crippen molar-refractivity contribution >= 4 is 32.7 Å². The topological polar surface area (TPSA) is 148 Å². The molecule has 3 unspecified atom stereocenters. The minimum atomic E-state index is -3.31. The fraction of sp³-hybridized carbons (Fsp3) is 0.676. The van der Waals surface area contributed by atoms with Gasteiger partial charge in [0.05, 0.1) is 11.6 Å². The molecular weight excluding hydrogens is 634 g/mol. The molecule has 266 valence electrons. The summed E-state index contributed by atoms with van der Waals surface area (Å²) in [7, 11) is -0.267. The van der Waals surface area contributed by atoms with Gasteiger partial charge < -0.3 is 19.9 Å². The molecule has 2 aromatic rings. The third-order valence-corrected chi connectivity index (χ3v) is 11.9. The van der Waals surface area contributed by atoms with Gasteiger partial charge in [0, 0.05) is 84.0 Å². The number of amides is 2. The molecule has 0 radical (unpaired) electrons. The van der Waals surface area contributed by atoms with E-state index in [0.717, 1.165) is 49.6 Å². The van der Waals surface area contributed by atoms with E-state index in [2.05, 4.69) is 20.4 Å². The van der Waals surface area contributed by atoms with Crippen LogP contribution in [0.25, 0.3) is 10.9 Å². The first-order valence-corrected chi connectivity index (χ1v) is 18.8. The summed E-state index contributed by atoms with van der Waals surface area (Å²) >= 11 is 0. The average molecular weight is 688 g/mol. The van der Waals surface area contributed by atoms with Gasteiger partial charge in [-0.25, -0.2) is 12.7 Å². The zero-order valence-corrected chi connectivity index (χ0v) is 29.8. The second-order valence-corrected chi connectivity index (χ2v) is 16.4. The second-order valence-electron chi connectivity index (χ2n) is 14.3. The maximum atomic E-state index is 13.5. The van der Waals surface area contributed by atoms with Gasteiger partial charge in [0.1, 0.15) is 11.4 Å². The quantitative estimate of drug-likeness (QED) is 0.265. The minimum absolute atomic E-state index is 0.0581. The highest BCUT2D eigenvalue weighted by molar-refractivity contribution is 7.89. The van der Waals surface area contributed by atoms with E-state index < -0.39 is 16.1 Å². The number of piperidine rings is 1. The first-order valence-electron chi connectivity index (χ1n) is 17.2. The fourth-order valence-corrected chi connectivity index (χ4v) is 8.37. The lowest BCUT2D eigenvalue weighted by atomic mass is 9.96. The van der Waals surface area contributed by atoms with Crippen molar-refractivity contribution < 1.29 is 23.1 Å². The molecule has 0 saturated carbocycles. The summed E-state index contributed by atoms with van der Waals surface area (Å²) in [5.41, 5.74) is 0.696. The predicted octanol–water partition coefficient (Wildman–Crippen LogP) is 1.03. The molecule has 3 aliphatic rings. The van der Waals surface area contributed by atoms with E-state index in [0.29, 0.717) is 26.2 Å². The Kier molecular flexibility index (Phi) is 11.6. The Morgan fingerprint density at radius 1 is 1.06 bits per heavy atom. The monoisotopic (exact) mass is 687 g/mol. The predicted molar refractivity (Wildman–Crippen MR) is 186 cm³/mol. The van der Waals surface area contributed by atoms with Gasteiger partial charge in [0.15, 0.2) is 0 Å². The van der Waals surface area contributed by atoms with Crippen LogP contribution in [0.5, 0.6) is 0 Å². The normalized spacial score (nSPS) is 24.1. The first kappa shape index (κ1) is 36.4. The van der Waals surface area contributed by atoms with E-state index >= 15 is 0 Å². The van der Waals surface area contributed by atoms with Gasteiger partial charge >= 0.3 is 0 Å². The van der Waals surface area contributed by atoms with Crippen LogP contribution in [0.3, 0.4) is 0 Å². The van der Waals surface area contributed by atoms with Crippen LogP contribution < -0.4 is 16.2 Å². The Balaban J connectivity index is 1.11. The van der Waals surface area contributed by atoms with Gasteiger partial charge in [-0.15, -0.1) is 0 Å². The molecule has 1 aromatic heterocycles. The molecule has 3 aliphatic heterocycles. The molecule has 3 N–H and O–H groups in total. The zero-order chi connectivity index (χ0) is 34.7. The van der Waals surface area contributed by atoms with E-state index in [1.54, 1.807) is 15.5 Å². The zero-order valence-electron chi connectivity index (χ0n) is 29.0. The van der Waals surface area contributed by atoms with Crippen molar-refractivity contribution in [1.82, 2.24) is 34.2 Å². The number of hydrogen-bond donors (Lipinski definition) is 3. The number of para-hydroxylation sites is 1. The molecule has 0 aliphatic carbocycles. The summed E-state index contributed by atoms with van der Waals surface area (Å²) in [6.07, 6.45) is 3.59. The van der Waals surface area contributed by atoms with Crippen LogP contribution in [0, 0.1) is 0 Å². The number of nitrogens with one attached hydrogen (secondary N) is 2. The van der Waals surface area contributed by atoms with Crippen molar-refractivity contribution in [1.29, 1.82) is 0 Å². The molecular formula is C34H53N7O6S. The van der Waals surface area contributed by atoms with E-state index in [1.165, 1.54) is 25.3 Å². The number of carbonyl (C=O) groups excluding carboxylic acids is 2. The third kappa shape index (κ3) is 8.45. The van der Waals surface area contributed by atoms with Crippen LogP contribution >= 0.6 is 0 Å². The molecule has 4 heterocycles. The Morgan fingerprint density at radius 2 is 1.75 bits per heavy atom. The van der Waals surface area contributed by atoms with E-state index in [1.807, 2.05) is 38.1 Å². The number of aliphatic hydroxyl groups is 1. The summed E-state index contributed by atoms with van der Waals surface area (Å²) in [4.78, 5) is 45.6. The molecule has 5 rings (SSSR count). The summed E-state index contributed by atoms with van der Waals surface area (Å²) in [6.45, 7) is 8.78. The lowest BCUT2D eigenvalue weighted by Gasteiger charge is -2.40. The molecule has 2 amide bonds. The standard InChI is InChI=1S/C34H53N7O6S/c1-23(2)41-32-9-7-6-8-25(32)16-31(34(41)45)33(44)36-27-17-28-10-11-29(18-27)40(28)21-30(43)20-39(24(3)42)15-14-38-13-12-26(19-38)35-22-48(46,47)37(4)5/h6-9,16,23,26-30,35,43H,10-15,17-22H2,1-5H3,(H,36,44)/t26?,27?,28-,29+,30?. The number of hydrogen-bond acceptors (Lipinski definition) is 9. The van der Waals surface area contributed by atoms with E-state index in [-0.39, 0.29) is 65.6 Å². The van der Waals surface area contributed by atoms with Crippen molar-refractivity contribution in [3.63, 3.8) is 0 Å². The number of pyridine rings is 1. The number of nitrogens with zero attached hydrogens (tertiary/aromatic N) is 5. The van der Waals surface area contributed by atoms with Gasteiger partial charge in [-0.05, 0) is 70.0 Å². The number of likely N-dealkylation sites (tertiary alicyclic amines) is 1. The number of sulfonamides is 1. The smallest absolute Gasteiger partial charge is 0.264 e. The molecule has 14 heteroatoms. The number of fused-ring (bicyclic) bond motifs is 3. The molecule has 2 bridgehead atoms. The van der Waals surface area contributed by atoms with Gasteiger partial charge in [-0.2, -0.15) is 0 Å². The average Bonchev–Trinajstić information content (AvgIpc) is 3.57. The lowest BCUT2D eigenvalue weighted by molar-refractivity contribution is -0.130. The van der Waals surface area contributed by atoms with Crippen molar-refractivity contribution in [2.75, 3.05) is 59.2 Å². The number of aromatic nitrogens is 1. The number of rotatable bonds is 14. The SMILES string of the molecule is CC(=O)N(CCN1CCC(NCS(=O)(=O)N(C)C)C1)CC(O)CN1[C@@H]2CC[C@H]1CC(NC(=O)c1cc3ccccc3n(C(C)C)c1=O)C2. The molecule has 5 atom stereocenters. The van der Waals surface area contributed by atoms with Crippen LogP contribution in [0.15, 0.2) is 35.1 Å². The molecule has 3 saturated heterocycles. The number of carbonyl (C=O) groups is 2. The molecule has 3 fully saturated rings. The molecule has 48 heavy (non-hydrogen) atoms. The molecule has 0 spiro atoms. The van der Waals surface area contributed by atoms with Gasteiger partial charge in [0.25, 0.3) is 11.5 Å². The van der Waals surface area contributed by atoms with Crippen molar-refractivity contribution in [3.8, 4) is 0 Å². The Bertz CT molecular complexity index is 1620. The molecule has 1 aromatic carbocycles. The van der Waals surface area contributed by atoms with Crippen LogP contribution in [0.4, 0.5) is 0 Å². The van der Waals surface area contributed by atoms with Crippen molar-refractivity contribution in [3.05, 3.63) is 46.2 Å². The van der Waals surface area contributed by atoms with Crippen molar-refractivity contribution in [2.24, 2.45) is 0 Å². The largest absolute Gasteiger partial charge is 0.390 e. The second kappa shape index (κ2) is 15.3. The summed E-state index contributed by atoms with van der Waals surface area (Å²) < 4.78 is 27.1. The Labute approximate surface area is 284 Å². The van der Waals surface area contributed by atoms with Crippen LogP contribution in [-0.2, 0) is 14.8 Å². The highest BCUT2D eigenvalue weighted by Gasteiger charge is 2.42. The van der Waals surface area contributed by atoms with Crippen LogP contribution in [0.2, 0.25) is 0 Å². The maximum Gasteiger partial charge on any atom is 0.264 e. The summed E-state index contributed by atoms with van der Waals surface area (Å²) in [5, 5.41) is 18.3. The first-order chi connectivity index (χ1) is 22.7. The number of aliphatic hydroxyl groups excluding tert-OH is 1. The summed E-state index contributed by atoms with van der Waals surface area (Å²) in [5.74, 6) is -0.525.